The molecule has 1 amide bonds. The van der Waals surface area contributed by atoms with Crippen LogP contribution < -0.4 is 4.90 Å². The van der Waals surface area contributed by atoms with E-state index in [9.17, 15) is 4.79 Å². The fourth-order valence-electron chi connectivity index (χ4n) is 3.05. The van der Waals surface area contributed by atoms with Gasteiger partial charge in [-0.25, -0.2) is 9.97 Å². The number of rotatable bonds is 7. The number of amides is 1. The molecule has 4 rings (SSSR count). The van der Waals surface area contributed by atoms with Crippen LogP contribution in [0, 0.1) is 0 Å². The summed E-state index contributed by atoms with van der Waals surface area (Å²) in [4.78, 5) is 23.6. The minimum Gasteiger partial charge on any atom is -0.337 e. The van der Waals surface area contributed by atoms with E-state index < -0.39 is 0 Å². The summed E-state index contributed by atoms with van der Waals surface area (Å²) in [5.41, 5.74) is 1.64. The SMILES string of the molecule is O=C(Cc1ccc(Cl)cc1)N(CCCn1ccnc1)c1nc2c(Cl)cccc2s1. The van der Waals surface area contributed by atoms with E-state index in [0.29, 0.717) is 21.7 Å². The third-order valence-corrected chi connectivity index (χ3v) is 6.12. The Kier molecular flexibility index (Phi) is 6.13. The van der Waals surface area contributed by atoms with E-state index in [4.69, 9.17) is 23.2 Å². The normalized spacial score (nSPS) is 11.1. The number of halogens is 2. The molecule has 2 aromatic heterocycles. The molecule has 2 aromatic carbocycles. The van der Waals surface area contributed by atoms with Crippen molar-refractivity contribution >= 4 is 55.8 Å². The summed E-state index contributed by atoms with van der Waals surface area (Å²) in [6.45, 7) is 1.33. The van der Waals surface area contributed by atoms with Crippen LogP contribution in [0.1, 0.15) is 12.0 Å². The van der Waals surface area contributed by atoms with Gasteiger partial charge in [0.1, 0.15) is 5.52 Å². The largest absolute Gasteiger partial charge is 0.337 e. The number of para-hydroxylation sites is 1. The van der Waals surface area contributed by atoms with Gasteiger partial charge in [0.25, 0.3) is 0 Å². The van der Waals surface area contributed by atoms with E-state index in [1.807, 2.05) is 41.1 Å². The lowest BCUT2D eigenvalue weighted by Crippen LogP contribution is -2.33. The molecule has 0 spiro atoms. The first-order chi connectivity index (χ1) is 14.1. The Morgan fingerprint density at radius 1 is 1.14 bits per heavy atom. The second-order valence-electron chi connectivity index (χ2n) is 6.59. The quantitative estimate of drug-likeness (QED) is 0.379. The monoisotopic (exact) mass is 444 g/mol. The van der Waals surface area contributed by atoms with Crippen molar-refractivity contribution in [1.82, 2.24) is 14.5 Å². The van der Waals surface area contributed by atoms with Crippen LogP contribution in [0.2, 0.25) is 10.0 Å². The number of anilines is 1. The predicted octanol–water partition coefficient (Wildman–Crippen LogP) is 5.47. The smallest absolute Gasteiger partial charge is 0.233 e. The molecule has 4 aromatic rings. The van der Waals surface area contributed by atoms with Gasteiger partial charge in [-0.2, -0.15) is 0 Å². The van der Waals surface area contributed by atoms with Crippen molar-refractivity contribution in [2.75, 3.05) is 11.4 Å². The Balaban J connectivity index is 1.57. The van der Waals surface area contributed by atoms with Crippen LogP contribution in [0.15, 0.2) is 61.2 Å². The fourth-order valence-corrected chi connectivity index (χ4v) is 4.48. The zero-order valence-electron chi connectivity index (χ0n) is 15.5. The average Bonchev–Trinajstić information content (AvgIpc) is 3.37. The second kappa shape index (κ2) is 8.95. The second-order valence-corrected chi connectivity index (χ2v) is 8.44. The predicted molar refractivity (Wildman–Crippen MR) is 119 cm³/mol. The third kappa shape index (κ3) is 4.78. The van der Waals surface area contributed by atoms with Crippen LogP contribution in [-0.2, 0) is 17.8 Å². The molecule has 5 nitrogen and oxygen atoms in total. The van der Waals surface area contributed by atoms with Gasteiger partial charge in [0, 0.05) is 30.5 Å². The van der Waals surface area contributed by atoms with Crippen LogP contribution in [0.3, 0.4) is 0 Å². The number of carbonyl (C=O) groups excluding carboxylic acids is 1. The molecule has 0 bridgehead atoms. The summed E-state index contributed by atoms with van der Waals surface area (Å²) < 4.78 is 2.96. The summed E-state index contributed by atoms with van der Waals surface area (Å²) >= 11 is 13.7. The number of fused-ring (bicyclic) bond motifs is 1. The summed E-state index contributed by atoms with van der Waals surface area (Å²) in [7, 11) is 0. The molecule has 0 unspecified atom stereocenters. The number of hydrogen-bond acceptors (Lipinski definition) is 4. The standard InChI is InChI=1S/C21H18Cl2N4OS/c22-16-7-5-15(6-8-16)13-19(28)27(11-2-10-26-12-9-24-14-26)21-25-20-17(23)3-1-4-18(20)29-21/h1,3-9,12,14H,2,10-11,13H2. The van der Waals surface area contributed by atoms with Crippen molar-refractivity contribution < 1.29 is 4.79 Å². The van der Waals surface area contributed by atoms with Crippen LogP contribution in [0.5, 0.6) is 0 Å². The van der Waals surface area contributed by atoms with Crippen molar-refractivity contribution in [3.05, 3.63) is 76.8 Å². The Hall–Kier alpha value is -2.41. The van der Waals surface area contributed by atoms with E-state index in [-0.39, 0.29) is 12.3 Å². The van der Waals surface area contributed by atoms with Crippen molar-refractivity contribution in [1.29, 1.82) is 0 Å². The van der Waals surface area contributed by atoms with Gasteiger partial charge in [-0.1, -0.05) is 52.7 Å². The zero-order chi connectivity index (χ0) is 20.2. The highest BCUT2D eigenvalue weighted by atomic mass is 35.5. The maximum Gasteiger partial charge on any atom is 0.233 e. The highest BCUT2D eigenvalue weighted by molar-refractivity contribution is 7.22. The molecule has 0 radical (unpaired) electrons. The van der Waals surface area contributed by atoms with E-state index in [0.717, 1.165) is 28.7 Å². The Morgan fingerprint density at radius 2 is 1.97 bits per heavy atom. The van der Waals surface area contributed by atoms with Crippen LogP contribution >= 0.6 is 34.5 Å². The molecule has 2 heterocycles. The Labute approximate surface area is 182 Å². The van der Waals surface area contributed by atoms with E-state index >= 15 is 0 Å². The average molecular weight is 445 g/mol. The Bertz CT molecular complexity index is 1110. The van der Waals surface area contributed by atoms with Gasteiger partial charge in [0.15, 0.2) is 5.13 Å². The maximum absolute atomic E-state index is 13.2. The lowest BCUT2D eigenvalue weighted by molar-refractivity contribution is -0.118. The highest BCUT2D eigenvalue weighted by Crippen LogP contribution is 2.33. The molecule has 148 valence electrons. The fraction of sp³-hybridized carbons (Fsp3) is 0.190. The first kappa shape index (κ1) is 19.9. The molecule has 0 aliphatic heterocycles. The molecular formula is C21H18Cl2N4OS. The lowest BCUT2D eigenvalue weighted by atomic mass is 10.1. The van der Waals surface area contributed by atoms with Crippen molar-refractivity contribution in [3.8, 4) is 0 Å². The van der Waals surface area contributed by atoms with Crippen LogP contribution in [0.4, 0.5) is 5.13 Å². The molecule has 0 fully saturated rings. The zero-order valence-corrected chi connectivity index (χ0v) is 17.8. The molecular weight excluding hydrogens is 427 g/mol. The van der Waals surface area contributed by atoms with Crippen molar-refractivity contribution in [3.63, 3.8) is 0 Å². The van der Waals surface area contributed by atoms with Crippen molar-refractivity contribution in [2.24, 2.45) is 0 Å². The Morgan fingerprint density at radius 3 is 2.69 bits per heavy atom. The number of imidazole rings is 1. The number of carbonyl (C=O) groups is 1. The number of thiazole rings is 1. The number of aromatic nitrogens is 3. The molecule has 8 heteroatoms. The summed E-state index contributed by atoms with van der Waals surface area (Å²) in [6.07, 6.45) is 6.51. The van der Waals surface area contributed by atoms with Crippen LogP contribution in [-0.4, -0.2) is 27.0 Å². The number of hydrogen-bond donors (Lipinski definition) is 0. The van der Waals surface area contributed by atoms with Gasteiger partial charge in [-0.3, -0.25) is 9.69 Å². The summed E-state index contributed by atoms with van der Waals surface area (Å²) in [6, 6.07) is 13.0. The first-order valence-corrected chi connectivity index (χ1v) is 10.7. The molecule has 0 atom stereocenters. The van der Waals surface area contributed by atoms with Gasteiger partial charge in [-0.15, -0.1) is 0 Å². The first-order valence-electron chi connectivity index (χ1n) is 9.16. The number of aryl methyl sites for hydroxylation is 1. The topological polar surface area (TPSA) is 51.0 Å². The van der Waals surface area contributed by atoms with Crippen LogP contribution in [0.25, 0.3) is 10.2 Å². The minimum atomic E-state index is -0.00636. The molecule has 0 N–H and O–H groups in total. The van der Waals surface area contributed by atoms with Gasteiger partial charge in [0.2, 0.25) is 5.91 Å². The van der Waals surface area contributed by atoms with E-state index in [1.54, 1.807) is 29.6 Å². The molecule has 0 aliphatic carbocycles. The molecule has 0 aliphatic rings. The lowest BCUT2D eigenvalue weighted by Gasteiger charge is -2.20. The van der Waals surface area contributed by atoms with E-state index in [1.165, 1.54) is 11.3 Å². The summed E-state index contributed by atoms with van der Waals surface area (Å²) in [5.74, 6) is -0.00636. The van der Waals surface area contributed by atoms with E-state index in [2.05, 4.69) is 9.97 Å². The van der Waals surface area contributed by atoms with Crippen molar-refractivity contribution in [2.45, 2.75) is 19.4 Å². The highest BCUT2D eigenvalue weighted by Gasteiger charge is 2.20. The van der Waals surface area contributed by atoms with Gasteiger partial charge >= 0.3 is 0 Å². The minimum absolute atomic E-state index is 0.00636. The van der Waals surface area contributed by atoms with Gasteiger partial charge in [-0.05, 0) is 36.2 Å². The van der Waals surface area contributed by atoms with Gasteiger partial charge < -0.3 is 4.57 Å². The van der Waals surface area contributed by atoms with Gasteiger partial charge in [0.05, 0.1) is 22.5 Å². The molecule has 29 heavy (non-hydrogen) atoms. The summed E-state index contributed by atoms with van der Waals surface area (Å²) in [5, 5.41) is 1.91. The third-order valence-electron chi connectivity index (χ3n) is 4.52. The number of benzene rings is 2. The molecule has 0 saturated heterocycles. The number of nitrogens with zero attached hydrogens (tertiary/aromatic N) is 4. The maximum atomic E-state index is 13.2. The molecule has 0 saturated carbocycles.